The van der Waals surface area contributed by atoms with Crippen molar-refractivity contribution in [3.63, 3.8) is 0 Å². The van der Waals surface area contributed by atoms with Crippen LogP contribution in [0.15, 0.2) is 39.6 Å². The van der Waals surface area contributed by atoms with Crippen molar-refractivity contribution in [2.45, 2.75) is 12.8 Å². The molecule has 1 aliphatic carbocycles. The van der Waals surface area contributed by atoms with Crippen LogP contribution in [0.5, 0.6) is 0 Å². The van der Waals surface area contributed by atoms with Gasteiger partial charge in [-0.25, -0.2) is 4.79 Å². The van der Waals surface area contributed by atoms with Crippen LogP contribution in [0, 0.1) is 0 Å². The normalized spacial score (nSPS) is 14.1. The van der Waals surface area contributed by atoms with E-state index in [0.29, 0.717) is 5.58 Å². The van der Waals surface area contributed by atoms with Gasteiger partial charge in [0.1, 0.15) is 5.58 Å². The number of hydrogen-bond donors (Lipinski definition) is 0. The lowest BCUT2D eigenvalue weighted by Crippen LogP contribution is -2.11. The number of rotatable bonds is 0. The Morgan fingerprint density at radius 2 is 2.07 bits per heavy atom. The van der Waals surface area contributed by atoms with Crippen molar-refractivity contribution in [1.82, 2.24) is 0 Å². The van der Waals surface area contributed by atoms with Crippen LogP contribution in [-0.4, -0.2) is 0 Å². The number of fused-ring (bicyclic) bond motifs is 3. The van der Waals surface area contributed by atoms with Gasteiger partial charge in [0.2, 0.25) is 0 Å². The van der Waals surface area contributed by atoms with Gasteiger partial charge in [0, 0.05) is 10.9 Å². The summed E-state index contributed by atoms with van der Waals surface area (Å²) in [6, 6.07) is 7.67. The maximum Gasteiger partial charge on any atom is 0.340 e. The highest BCUT2D eigenvalue weighted by atomic mass is 16.4. The van der Waals surface area contributed by atoms with Crippen LogP contribution in [0.25, 0.3) is 17.0 Å². The third-order valence-corrected chi connectivity index (χ3v) is 2.80. The summed E-state index contributed by atoms with van der Waals surface area (Å²) in [6.07, 6.45) is 5.85. The van der Waals surface area contributed by atoms with E-state index in [-0.39, 0.29) is 5.63 Å². The number of hydrogen-bond acceptors (Lipinski definition) is 2. The average Bonchev–Trinajstić information content (AvgIpc) is 2.30. The topological polar surface area (TPSA) is 30.2 Å². The predicted molar refractivity (Wildman–Crippen MR) is 59.8 cm³/mol. The molecular formula is C13H10O2. The standard InChI is InChI=1S/C13H10O2/c14-13-11-7-2-1-5-9(11)10-6-3-4-8-12(10)15-13/h1,3-6,8H,2,7H2. The molecule has 2 aromatic rings. The van der Waals surface area contributed by atoms with Crippen LogP contribution in [-0.2, 0) is 6.42 Å². The van der Waals surface area contributed by atoms with E-state index >= 15 is 0 Å². The monoisotopic (exact) mass is 198 g/mol. The minimum Gasteiger partial charge on any atom is -0.422 e. The van der Waals surface area contributed by atoms with Gasteiger partial charge in [-0.2, -0.15) is 0 Å². The number of benzene rings is 1. The summed E-state index contributed by atoms with van der Waals surface area (Å²) in [4.78, 5) is 11.7. The third-order valence-electron chi connectivity index (χ3n) is 2.80. The van der Waals surface area contributed by atoms with Gasteiger partial charge in [0.15, 0.2) is 0 Å². The molecular weight excluding hydrogens is 188 g/mol. The highest BCUT2D eigenvalue weighted by Crippen LogP contribution is 2.24. The summed E-state index contributed by atoms with van der Waals surface area (Å²) in [5, 5.41) is 1.03. The first-order chi connectivity index (χ1) is 7.36. The van der Waals surface area contributed by atoms with E-state index in [4.69, 9.17) is 4.42 Å². The maximum absolute atomic E-state index is 11.7. The molecule has 0 bridgehead atoms. The first-order valence-electron chi connectivity index (χ1n) is 5.07. The molecule has 0 saturated heterocycles. The molecule has 1 aliphatic rings. The van der Waals surface area contributed by atoms with Crippen molar-refractivity contribution in [3.8, 4) is 0 Å². The molecule has 1 aromatic heterocycles. The Hall–Kier alpha value is -1.83. The van der Waals surface area contributed by atoms with Gasteiger partial charge in [-0.05, 0) is 24.5 Å². The summed E-state index contributed by atoms with van der Waals surface area (Å²) < 4.78 is 5.27. The van der Waals surface area contributed by atoms with Crippen molar-refractivity contribution in [2.75, 3.05) is 0 Å². The molecule has 0 atom stereocenters. The van der Waals surface area contributed by atoms with Crippen molar-refractivity contribution in [3.05, 3.63) is 51.9 Å². The second-order valence-corrected chi connectivity index (χ2v) is 3.72. The molecule has 0 saturated carbocycles. The van der Waals surface area contributed by atoms with Crippen LogP contribution >= 0.6 is 0 Å². The summed E-state index contributed by atoms with van der Waals surface area (Å²) >= 11 is 0. The molecule has 3 rings (SSSR count). The minimum absolute atomic E-state index is 0.187. The summed E-state index contributed by atoms with van der Waals surface area (Å²) in [6.45, 7) is 0. The Labute approximate surface area is 86.8 Å². The number of allylic oxidation sites excluding steroid dienone is 1. The molecule has 2 nitrogen and oxygen atoms in total. The quantitative estimate of drug-likeness (QED) is 0.609. The molecule has 2 heteroatoms. The van der Waals surface area contributed by atoms with Crippen molar-refractivity contribution in [2.24, 2.45) is 0 Å². The van der Waals surface area contributed by atoms with E-state index in [2.05, 4.69) is 6.08 Å². The largest absolute Gasteiger partial charge is 0.422 e. The lowest BCUT2D eigenvalue weighted by atomic mass is 9.96. The second kappa shape index (κ2) is 3.09. The Balaban J connectivity index is 2.52. The van der Waals surface area contributed by atoms with E-state index in [9.17, 15) is 4.79 Å². The highest BCUT2D eigenvalue weighted by molar-refractivity contribution is 5.87. The van der Waals surface area contributed by atoms with E-state index < -0.39 is 0 Å². The third kappa shape index (κ3) is 1.22. The van der Waals surface area contributed by atoms with Gasteiger partial charge in [-0.3, -0.25) is 0 Å². The predicted octanol–water partition coefficient (Wildman–Crippen LogP) is 2.75. The molecule has 1 aromatic carbocycles. The average molecular weight is 198 g/mol. The smallest absolute Gasteiger partial charge is 0.340 e. The molecule has 15 heavy (non-hydrogen) atoms. The van der Waals surface area contributed by atoms with E-state index in [1.165, 1.54) is 0 Å². The fraction of sp³-hybridized carbons (Fsp3) is 0.154. The summed E-state index contributed by atoms with van der Waals surface area (Å²) in [5.74, 6) is 0. The van der Waals surface area contributed by atoms with Gasteiger partial charge in [-0.1, -0.05) is 30.4 Å². The summed E-state index contributed by atoms with van der Waals surface area (Å²) in [5.41, 5.74) is 2.34. The minimum atomic E-state index is -0.187. The zero-order valence-corrected chi connectivity index (χ0v) is 8.19. The molecule has 0 spiro atoms. The van der Waals surface area contributed by atoms with Gasteiger partial charge in [0.05, 0.1) is 0 Å². The fourth-order valence-electron chi connectivity index (χ4n) is 2.07. The molecule has 0 radical (unpaired) electrons. The molecule has 0 amide bonds. The summed E-state index contributed by atoms with van der Waals surface area (Å²) in [7, 11) is 0. The Morgan fingerprint density at radius 1 is 1.20 bits per heavy atom. The lowest BCUT2D eigenvalue weighted by molar-refractivity contribution is 0.549. The van der Waals surface area contributed by atoms with Crippen molar-refractivity contribution >= 4 is 17.0 Å². The first-order valence-corrected chi connectivity index (χ1v) is 5.07. The zero-order valence-electron chi connectivity index (χ0n) is 8.19. The Kier molecular flexibility index (Phi) is 1.75. The molecule has 0 unspecified atom stereocenters. The maximum atomic E-state index is 11.7. The van der Waals surface area contributed by atoms with Crippen LogP contribution in [0.3, 0.4) is 0 Å². The number of para-hydroxylation sites is 1. The Morgan fingerprint density at radius 3 is 3.00 bits per heavy atom. The van der Waals surface area contributed by atoms with Crippen LogP contribution < -0.4 is 5.63 Å². The van der Waals surface area contributed by atoms with E-state index in [0.717, 1.165) is 29.4 Å². The van der Waals surface area contributed by atoms with Gasteiger partial charge in [-0.15, -0.1) is 0 Å². The Bertz CT molecular complexity index is 605. The molecule has 0 fully saturated rings. The van der Waals surface area contributed by atoms with Crippen molar-refractivity contribution in [1.29, 1.82) is 0 Å². The van der Waals surface area contributed by atoms with E-state index in [1.807, 2.05) is 30.3 Å². The van der Waals surface area contributed by atoms with Crippen LogP contribution in [0.2, 0.25) is 0 Å². The first kappa shape index (κ1) is 8.48. The van der Waals surface area contributed by atoms with Gasteiger partial charge >= 0.3 is 5.63 Å². The zero-order chi connectivity index (χ0) is 10.3. The van der Waals surface area contributed by atoms with Crippen LogP contribution in [0.4, 0.5) is 0 Å². The molecule has 0 N–H and O–H groups in total. The fourth-order valence-corrected chi connectivity index (χ4v) is 2.07. The second-order valence-electron chi connectivity index (χ2n) is 3.72. The molecule has 0 aliphatic heterocycles. The van der Waals surface area contributed by atoms with Gasteiger partial charge < -0.3 is 4.42 Å². The van der Waals surface area contributed by atoms with Gasteiger partial charge in [0.25, 0.3) is 0 Å². The van der Waals surface area contributed by atoms with Crippen molar-refractivity contribution < 1.29 is 4.42 Å². The molecule has 1 heterocycles. The SMILES string of the molecule is O=c1oc2ccccc2c2c1CCC=C2. The lowest BCUT2D eigenvalue weighted by Gasteiger charge is -2.10. The molecule has 74 valence electrons. The van der Waals surface area contributed by atoms with E-state index in [1.54, 1.807) is 0 Å². The highest BCUT2D eigenvalue weighted by Gasteiger charge is 2.13. The van der Waals surface area contributed by atoms with Crippen LogP contribution in [0.1, 0.15) is 17.5 Å².